The highest BCUT2D eigenvalue weighted by Crippen LogP contribution is 2.37. The second-order valence-corrected chi connectivity index (χ2v) is 8.36. The Kier molecular flexibility index (Phi) is 7.45. The highest BCUT2D eigenvalue weighted by Gasteiger charge is 2.15. The van der Waals surface area contributed by atoms with Gasteiger partial charge in [-0.2, -0.15) is 5.26 Å². The number of nitriles is 1. The first kappa shape index (κ1) is 23.2. The smallest absolute Gasteiger partial charge is 0.266 e. The predicted octanol–water partition coefficient (Wildman–Crippen LogP) is 3.33. The first-order valence-corrected chi connectivity index (χ1v) is 10.6. The van der Waals surface area contributed by atoms with Crippen LogP contribution in [0.1, 0.15) is 19.4 Å². The number of benzene rings is 2. The number of ether oxygens (including phenoxy) is 2. The van der Waals surface area contributed by atoms with Crippen molar-refractivity contribution in [2.45, 2.75) is 24.8 Å². The van der Waals surface area contributed by atoms with E-state index in [1.807, 2.05) is 19.9 Å². The lowest BCUT2D eigenvalue weighted by Gasteiger charge is -2.15. The van der Waals surface area contributed by atoms with Gasteiger partial charge in [0.05, 0.1) is 23.1 Å². The molecule has 0 bridgehead atoms. The topological polar surface area (TPSA) is 132 Å². The molecule has 2 aromatic rings. The number of nitrogens with two attached hydrogens (primary N) is 1. The molecule has 0 aromatic heterocycles. The van der Waals surface area contributed by atoms with E-state index in [9.17, 15) is 18.5 Å². The molecule has 0 unspecified atom stereocenters. The maximum absolute atomic E-state index is 12.4. The quantitative estimate of drug-likeness (QED) is 0.492. The van der Waals surface area contributed by atoms with Crippen molar-refractivity contribution in [2.75, 3.05) is 12.4 Å². The highest BCUT2D eigenvalue weighted by atomic mass is 35.5. The summed E-state index contributed by atoms with van der Waals surface area (Å²) in [5.74, 6) is 0.0430. The average molecular weight is 450 g/mol. The van der Waals surface area contributed by atoms with Crippen LogP contribution in [0.25, 0.3) is 6.08 Å². The maximum atomic E-state index is 12.4. The number of carbonyl (C=O) groups excluding carboxylic acids is 1. The largest absolute Gasteiger partial charge is 0.493 e. The minimum atomic E-state index is -3.84. The van der Waals surface area contributed by atoms with Crippen LogP contribution >= 0.6 is 11.6 Å². The minimum Gasteiger partial charge on any atom is -0.493 e. The van der Waals surface area contributed by atoms with Crippen LogP contribution in [0.15, 0.2) is 46.9 Å². The highest BCUT2D eigenvalue weighted by molar-refractivity contribution is 7.89. The van der Waals surface area contributed by atoms with E-state index in [1.165, 1.54) is 37.5 Å². The van der Waals surface area contributed by atoms with E-state index in [4.69, 9.17) is 26.2 Å². The van der Waals surface area contributed by atoms with Crippen LogP contribution in [0.5, 0.6) is 11.5 Å². The number of sulfonamides is 1. The zero-order valence-corrected chi connectivity index (χ0v) is 18.0. The Labute approximate surface area is 179 Å². The molecule has 0 saturated heterocycles. The van der Waals surface area contributed by atoms with E-state index in [-0.39, 0.29) is 21.6 Å². The van der Waals surface area contributed by atoms with Crippen molar-refractivity contribution in [3.63, 3.8) is 0 Å². The number of anilines is 1. The molecule has 0 atom stereocenters. The first-order valence-electron chi connectivity index (χ1n) is 8.65. The first-order chi connectivity index (χ1) is 14.0. The van der Waals surface area contributed by atoms with Crippen molar-refractivity contribution in [3.05, 3.63) is 52.6 Å². The molecule has 0 radical (unpaired) electrons. The van der Waals surface area contributed by atoms with Gasteiger partial charge in [-0.1, -0.05) is 11.6 Å². The van der Waals surface area contributed by atoms with Crippen molar-refractivity contribution in [2.24, 2.45) is 5.14 Å². The second-order valence-electron chi connectivity index (χ2n) is 6.39. The maximum Gasteiger partial charge on any atom is 0.266 e. The molecule has 0 aliphatic heterocycles. The Morgan fingerprint density at radius 3 is 2.40 bits per heavy atom. The van der Waals surface area contributed by atoms with Crippen LogP contribution in [0, 0.1) is 11.3 Å². The van der Waals surface area contributed by atoms with Crippen molar-refractivity contribution in [1.82, 2.24) is 0 Å². The standard InChI is InChI=1S/C20H20ClN3O5S/c1-12(2)29-19-17(21)9-13(10-18(19)28-3)8-14(11-22)20(25)24-15-4-6-16(7-5-15)30(23,26)27/h4-10,12H,1-3H3,(H,24,25)(H2,23,26,27). The number of rotatable bonds is 7. The fourth-order valence-electron chi connectivity index (χ4n) is 2.41. The van der Waals surface area contributed by atoms with Gasteiger partial charge in [-0.3, -0.25) is 4.79 Å². The van der Waals surface area contributed by atoms with Crippen molar-refractivity contribution in [1.29, 1.82) is 5.26 Å². The van der Waals surface area contributed by atoms with Crippen LogP contribution in [-0.2, 0) is 14.8 Å². The third-order valence-electron chi connectivity index (χ3n) is 3.72. The molecular formula is C20H20ClN3O5S. The number of hydrogen-bond acceptors (Lipinski definition) is 6. The van der Waals surface area contributed by atoms with E-state index in [1.54, 1.807) is 12.1 Å². The molecule has 0 saturated carbocycles. The Balaban J connectivity index is 2.29. The van der Waals surface area contributed by atoms with Gasteiger partial charge >= 0.3 is 0 Å². The summed E-state index contributed by atoms with van der Waals surface area (Å²) in [7, 11) is -2.39. The van der Waals surface area contributed by atoms with Crippen LogP contribution < -0.4 is 19.9 Å². The molecule has 0 aliphatic rings. The summed E-state index contributed by atoms with van der Waals surface area (Å²) in [6.07, 6.45) is 1.22. The van der Waals surface area contributed by atoms with E-state index in [0.717, 1.165) is 0 Å². The van der Waals surface area contributed by atoms with E-state index < -0.39 is 15.9 Å². The molecule has 2 rings (SSSR count). The number of hydrogen-bond donors (Lipinski definition) is 2. The summed E-state index contributed by atoms with van der Waals surface area (Å²) < 4.78 is 33.5. The molecule has 2 aromatic carbocycles. The average Bonchev–Trinajstić information content (AvgIpc) is 2.67. The van der Waals surface area contributed by atoms with Crippen LogP contribution in [0.2, 0.25) is 5.02 Å². The molecule has 10 heteroatoms. The lowest BCUT2D eigenvalue weighted by molar-refractivity contribution is -0.112. The molecule has 0 heterocycles. The number of methoxy groups -OCH3 is 1. The number of carbonyl (C=O) groups is 1. The van der Waals surface area contributed by atoms with E-state index in [2.05, 4.69) is 5.32 Å². The molecule has 8 nitrogen and oxygen atoms in total. The minimum absolute atomic E-state index is 0.0954. The van der Waals surface area contributed by atoms with Gasteiger partial charge in [-0.25, -0.2) is 13.6 Å². The van der Waals surface area contributed by atoms with Crippen LogP contribution in [-0.4, -0.2) is 27.5 Å². The summed E-state index contributed by atoms with van der Waals surface area (Å²) in [5, 5.41) is 17.2. The van der Waals surface area contributed by atoms with Gasteiger partial charge in [-0.05, 0) is 61.9 Å². The molecule has 0 aliphatic carbocycles. The number of nitrogens with one attached hydrogen (secondary N) is 1. The second kappa shape index (κ2) is 9.63. The van der Waals surface area contributed by atoms with Gasteiger partial charge in [0.1, 0.15) is 11.6 Å². The van der Waals surface area contributed by atoms with E-state index >= 15 is 0 Å². The molecule has 3 N–H and O–H groups in total. The molecule has 1 amide bonds. The van der Waals surface area contributed by atoms with Crippen LogP contribution in [0.4, 0.5) is 5.69 Å². The summed E-state index contributed by atoms with van der Waals surface area (Å²) in [6.45, 7) is 3.69. The molecule has 30 heavy (non-hydrogen) atoms. The number of primary sulfonamides is 1. The lowest BCUT2D eigenvalue weighted by atomic mass is 10.1. The number of halogens is 1. The van der Waals surface area contributed by atoms with Gasteiger partial charge in [0.2, 0.25) is 10.0 Å². The zero-order valence-electron chi connectivity index (χ0n) is 16.5. The van der Waals surface area contributed by atoms with Gasteiger partial charge in [0.15, 0.2) is 11.5 Å². The van der Waals surface area contributed by atoms with Gasteiger partial charge < -0.3 is 14.8 Å². The lowest BCUT2D eigenvalue weighted by Crippen LogP contribution is -2.14. The van der Waals surface area contributed by atoms with Crippen molar-refractivity contribution < 1.29 is 22.7 Å². The Hall–Kier alpha value is -3.06. The molecular weight excluding hydrogens is 430 g/mol. The Morgan fingerprint density at radius 2 is 1.90 bits per heavy atom. The summed E-state index contributed by atoms with van der Waals surface area (Å²) >= 11 is 6.27. The van der Waals surface area contributed by atoms with Crippen molar-refractivity contribution >= 4 is 39.3 Å². The monoisotopic (exact) mass is 449 g/mol. The van der Waals surface area contributed by atoms with E-state index in [0.29, 0.717) is 22.7 Å². The fourth-order valence-corrected chi connectivity index (χ4v) is 3.19. The zero-order chi connectivity index (χ0) is 22.5. The Morgan fingerprint density at radius 1 is 1.27 bits per heavy atom. The summed E-state index contributed by atoms with van der Waals surface area (Å²) in [6, 6.07) is 10.2. The molecule has 158 valence electrons. The van der Waals surface area contributed by atoms with Crippen LogP contribution in [0.3, 0.4) is 0 Å². The van der Waals surface area contributed by atoms with Gasteiger partial charge in [-0.15, -0.1) is 0 Å². The summed E-state index contributed by atoms with van der Waals surface area (Å²) in [5.41, 5.74) is 0.565. The fraction of sp³-hybridized carbons (Fsp3) is 0.200. The van der Waals surface area contributed by atoms with Gasteiger partial charge in [0.25, 0.3) is 5.91 Å². The SMILES string of the molecule is COc1cc(C=C(C#N)C(=O)Nc2ccc(S(N)(=O)=O)cc2)cc(Cl)c1OC(C)C. The molecule has 0 fully saturated rings. The van der Waals surface area contributed by atoms with Gasteiger partial charge in [0, 0.05) is 5.69 Å². The third kappa shape index (κ3) is 5.97. The molecule has 0 spiro atoms. The number of nitrogens with zero attached hydrogens (tertiary/aromatic N) is 1. The Bertz CT molecular complexity index is 1120. The third-order valence-corrected chi connectivity index (χ3v) is 4.93. The van der Waals surface area contributed by atoms with Crippen molar-refractivity contribution in [3.8, 4) is 17.6 Å². The summed E-state index contributed by atoms with van der Waals surface area (Å²) in [4.78, 5) is 12.4. The normalized spacial score (nSPS) is 11.7. The predicted molar refractivity (Wildman–Crippen MR) is 114 cm³/mol. The number of amides is 1.